The maximum absolute atomic E-state index is 4.04. The van der Waals surface area contributed by atoms with Crippen molar-refractivity contribution in [2.75, 3.05) is 6.54 Å². The molecule has 0 aromatic heterocycles. The molecule has 0 aliphatic rings. The summed E-state index contributed by atoms with van der Waals surface area (Å²) in [4.78, 5) is 0. The highest BCUT2D eigenvalue weighted by Gasteiger charge is 1.97. The van der Waals surface area contributed by atoms with Gasteiger partial charge in [0.2, 0.25) is 0 Å². The lowest BCUT2D eigenvalue weighted by Crippen LogP contribution is -2.17. The average molecular weight is 203 g/mol. The van der Waals surface area contributed by atoms with Crippen LogP contribution < -0.4 is 5.32 Å². The monoisotopic (exact) mass is 203 g/mol. The Labute approximate surface area is 93.2 Å². The molecule has 82 valence electrons. The third-order valence-electron chi connectivity index (χ3n) is 2.36. The van der Waals surface area contributed by atoms with E-state index in [1.54, 1.807) is 0 Å². The number of rotatable bonds is 6. The number of hydrogen-bond donors (Lipinski definition) is 1. The molecule has 15 heavy (non-hydrogen) atoms. The minimum absolute atomic E-state index is 0.752. The largest absolute Gasteiger partial charge is 0.389 e. The molecule has 1 aromatic rings. The van der Waals surface area contributed by atoms with Crippen molar-refractivity contribution in [2.24, 2.45) is 5.92 Å². The van der Waals surface area contributed by atoms with Crippen LogP contribution in [0.4, 0.5) is 0 Å². The smallest absolute Gasteiger partial charge is 0.0146 e. The topological polar surface area (TPSA) is 12.0 Å². The standard InChI is InChI=1S/C14H21N/c1-12(2)9-10-15-13(3)11-14-7-5-4-6-8-14/h4-8,12,15H,3,9-11H2,1-2H3. The minimum atomic E-state index is 0.752. The van der Waals surface area contributed by atoms with Gasteiger partial charge in [-0.15, -0.1) is 0 Å². The number of benzene rings is 1. The van der Waals surface area contributed by atoms with Crippen molar-refractivity contribution in [3.05, 3.63) is 48.2 Å². The van der Waals surface area contributed by atoms with Crippen LogP contribution in [0.2, 0.25) is 0 Å². The van der Waals surface area contributed by atoms with Gasteiger partial charge >= 0.3 is 0 Å². The van der Waals surface area contributed by atoms with E-state index in [1.807, 2.05) is 6.07 Å². The van der Waals surface area contributed by atoms with Crippen molar-refractivity contribution in [1.82, 2.24) is 5.32 Å². The highest BCUT2D eigenvalue weighted by atomic mass is 14.9. The number of allylic oxidation sites excluding steroid dienone is 1. The van der Waals surface area contributed by atoms with Gasteiger partial charge in [0.25, 0.3) is 0 Å². The lowest BCUT2D eigenvalue weighted by atomic mass is 10.1. The molecule has 0 saturated heterocycles. The van der Waals surface area contributed by atoms with Crippen LogP contribution in [0.1, 0.15) is 25.8 Å². The summed E-state index contributed by atoms with van der Waals surface area (Å²) in [6, 6.07) is 10.4. The van der Waals surface area contributed by atoms with Gasteiger partial charge < -0.3 is 5.32 Å². The van der Waals surface area contributed by atoms with Gasteiger partial charge in [-0.05, 0) is 17.9 Å². The second-order valence-corrected chi connectivity index (χ2v) is 4.38. The molecule has 0 aliphatic carbocycles. The Balaban J connectivity index is 2.25. The Kier molecular flexibility index (Phi) is 4.96. The molecule has 0 saturated carbocycles. The van der Waals surface area contributed by atoms with Gasteiger partial charge in [0.05, 0.1) is 0 Å². The summed E-state index contributed by atoms with van der Waals surface area (Å²) in [5.41, 5.74) is 2.43. The van der Waals surface area contributed by atoms with Crippen LogP contribution in [0.15, 0.2) is 42.6 Å². The fourth-order valence-corrected chi connectivity index (χ4v) is 1.44. The van der Waals surface area contributed by atoms with Crippen LogP contribution in [0.5, 0.6) is 0 Å². The molecule has 0 amide bonds. The summed E-state index contributed by atoms with van der Waals surface area (Å²) in [6.45, 7) is 9.54. The molecule has 1 nitrogen and oxygen atoms in total. The molecule has 0 spiro atoms. The molecular formula is C14H21N. The molecular weight excluding hydrogens is 182 g/mol. The summed E-state index contributed by atoms with van der Waals surface area (Å²) in [7, 11) is 0. The molecule has 1 aromatic carbocycles. The van der Waals surface area contributed by atoms with E-state index in [2.05, 4.69) is 50.0 Å². The Bertz CT molecular complexity index is 287. The van der Waals surface area contributed by atoms with Crippen LogP contribution in [0.25, 0.3) is 0 Å². The molecule has 0 fully saturated rings. The first-order valence-corrected chi connectivity index (χ1v) is 5.64. The molecule has 0 bridgehead atoms. The maximum atomic E-state index is 4.04. The SMILES string of the molecule is C=C(Cc1ccccc1)NCCC(C)C. The van der Waals surface area contributed by atoms with Gasteiger partial charge in [-0.2, -0.15) is 0 Å². The zero-order chi connectivity index (χ0) is 11.1. The minimum Gasteiger partial charge on any atom is -0.389 e. The quantitative estimate of drug-likeness (QED) is 0.747. The van der Waals surface area contributed by atoms with Crippen LogP contribution >= 0.6 is 0 Å². The van der Waals surface area contributed by atoms with Crippen LogP contribution in [0, 0.1) is 5.92 Å². The first-order chi connectivity index (χ1) is 7.18. The van der Waals surface area contributed by atoms with E-state index in [9.17, 15) is 0 Å². The van der Waals surface area contributed by atoms with Gasteiger partial charge in [0.1, 0.15) is 0 Å². The van der Waals surface area contributed by atoms with Gasteiger partial charge in [-0.1, -0.05) is 50.8 Å². The zero-order valence-corrected chi connectivity index (χ0v) is 9.79. The lowest BCUT2D eigenvalue weighted by Gasteiger charge is -2.10. The van der Waals surface area contributed by atoms with E-state index in [0.29, 0.717) is 0 Å². The highest BCUT2D eigenvalue weighted by molar-refractivity contribution is 5.19. The van der Waals surface area contributed by atoms with Crippen molar-refractivity contribution in [3.63, 3.8) is 0 Å². The normalized spacial score (nSPS) is 10.3. The number of hydrogen-bond acceptors (Lipinski definition) is 1. The fraction of sp³-hybridized carbons (Fsp3) is 0.429. The predicted octanol–water partition coefficient (Wildman–Crippen LogP) is 3.38. The molecule has 0 unspecified atom stereocenters. The van der Waals surface area contributed by atoms with Crippen LogP contribution in [0.3, 0.4) is 0 Å². The van der Waals surface area contributed by atoms with E-state index in [1.165, 1.54) is 12.0 Å². The van der Waals surface area contributed by atoms with Crippen molar-refractivity contribution in [3.8, 4) is 0 Å². The van der Waals surface area contributed by atoms with Crippen molar-refractivity contribution in [1.29, 1.82) is 0 Å². The van der Waals surface area contributed by atoms with Gasteiger partial charge in [0.15, 0.2) is 0 Å². The molecule has 0 heterocycles. The van der Waals surface area contributed by atoms with Gasteiger partial charge in [0, 0.05) is 18.7 Å². The summed E-state index contributed by atoms with van der Waals surface area (Å²) >= 11 is 0. The third kappa shape index (κ3) is 5.26. The second-order valence-electron chi connectivity index (χ2n) is 4.38. The van der Waals surface area contributed by atoms with Crippen LogP contribution in [-0.2, 0) is 6.42 Å². The van der Waals surface area contributed by atoms with E-state index in [-0.39, 0.29) is 0 Å². The molecule has 0 atom stereocenters. The van der Waals surface area contributed by atoms with Gasteiger partial charge in [-0.3, -0.25) is 0 Å². The predicted molar refractivity (Wildman–Crippen MR) is 66.7 cm³/mol. The number of nitrogens with one attached hydrogen (secondary N) is 1. The first kappa shape index (κ1) is 11.8. The second kappa shape index (κ2) is 6.28. The van der Waals surface area contributed by atoms with E-state index in [4.69, 9.17) is 0 Å². The Morgan fingerprint density at radius 1 is 1.27 bits per heavy atom. The summed E-state index contributed by atoms with van der Waals surface area (Å²) in [6.07, 6.45) is 2.13. The van der Waals surface area contributed by atoms with Crippen molar-refractivity contribution >= 4 is 0 Å². The summed E-state index contributed by atoms with van der Waals surface area (Å²) in [5, 5.41) is 3.37. The third-order valence-corrected chi connectivity index (χ3v) is 2.36. The molecule has 1 heteroatoms. The Morgan fingerprint density at radius 3 is 2.53 bits per heavy atom. The summed E-state index contributed by atoms with van der Waals surface area (Å²) < 4.78 is 0. The summed E-state index contributed by atoms with van der Waals surface area (Å²) in [5.74, 6) is 0.752. The van der Waals surface area contributed by atoms with E-state index in [0.717, 1.165) is 24.6 Å². The van der Waals surface area contributed by atoms with Crippen molar-refractivity contribution < 1.29 is 0 Å². The molecule has 0 aliphatic heterocycles. The highest BCUT2D eigenvalue weighted by Crippen LogP contribution is 2.04. The zero-order valence-electron chi connectivity index (χ0n) is 9.79. The molecule has 1 N–H and O–H groups in total. The van der Waals surface area contributed by atoms with E-state index >= 15 is 0 Å². The molecule has 1 rings (SSSR count). The maximum Gasteiger partial charge on any atom is 0.0146 e. The van der Waals surface area contributed by atoms with Crippen LogP contribution in [-0.4, -0.2) is 6.54 Å². The first-order valence-electron chi connectivity index (χ1n) is 5.64. The van der Waals surface area contributed by atoms with Gasteiger partial charge in [-0.25, -0.2) is 0 Å². The van der Waals surface area contributed by atoms with Crippen molar-refractivity contribution in [2.45, 2.75) is 26.7 Å². The fourth-order valence-electron chi connectivity index (χ4n) is 1.44. The Morgan fingerprint density at radius 2 is 1.93 bits per heavy atom. The lowest BCUT2D eigenvalue weighted by molar-refractivity contribution is 0.561. The van der Waals surface area contributed by atoms with E-state index < -0.39 is 0 Å². The Hall–Kier alpha value is -1.24. The average Bonchev–Trinajstić information content (AvgIpc) is 2.18. The molecule has 0 radical (unpaired) electrons.